The van der Waals surface area contributed by atoms with E-state index in [0.29, 0.717) is 6.54 Å². The van der Waals surface area contributed by atoms with E-state index in [9.17, 15) is 13.2 Å². The molecule has 2 rings (SSSR count). The quantitative estimate of drug-likeness (QED) is 0.741. The fraction of sp³-hybridized carbons (Fsp3) is 0.727. The number of carbonyl (C=O) groups is 1. The van der Waals surface area contributed by atoms with Crippen molar-refractivity contribution in [1.29, 1.82) is 0 Å². The lowest BCUT2D eigenvalue weighted by Gasteiger charge is -2.27. The minimum absolute atomic E-state index is 0.0284. The molecule has 1 aliphatic heterocycles. The van der Waals surface area contributed by atoms with Crippen LogP contribution in [0.15, 0.2) is 11.5 Å². The second kappa shape index (κ2) is 4.42. The SMILES string of the molecule is NCC1(C(=O)NC2C=CS(=O)(=O)C2)CCCC1. The number of hydrogen-bond acceptors (Lipinski definition) is 4. The average molecular weight is 258 g/mol. The van der Waals surface area contributed by atoms with Crippen molar-refractivity contribution in [3.63, 3.8) is 0 Å². The zero-order valence-corrected chi connectivity index (χ0v) is 10.5. The lowest BCUT2D eigenvalue weighted by Crippen LogP contribution is -2.48. The highest BCUT2D eigenvalue weighted by Gasteiger charge is 2.40. The second-order valence-electron chi connectivity index (χ2n) is 4.93. The number of carbonyl (C=O) groups excluding carboxylic acids is 1. The van der Waals surface area contributed by atoms with Crippen LogP contribution in [-0.2, 0) is 14.6 Å². The van der Waals surface area contributed by atoms with E-state index in [-0.39, 0.29) is 11.7 Å². The number of amides is 1. The minimum Gasteiger partial charge on any atom is -0.348 e. The number of sulfone groups is 1. The average Bonchev–Trinajstić information content (AvgIpc) is 2.86. The molecule has 17 heavy (non-hydrogen) atoms. The molecule has 1 heterocycles. The maximum atomic E-state index is 12.1. The lowest BCUT2D eigenvalue weighted by molar-refractivity contribution is -0.130. The molecule has 1 unspecified atom stereocenters. The normalized spacial score (nSPS) is 29.4. The molecule has 0 aromatic heterocycles. The lowest BCUT2D eigenvalue weighted by atomic mass is 9.85. The summed E-state index contributed by atoms with van der Waals surface area (Å²) in [6.07, 6.45) is 5.18. The van der Waals surface area contributed by atoms with Gasteiger partial charge in [-0.3, -0.25) is 4.79 Å². The van der Waals surface area contributed by atoms with E-state index < -0.39 is 21.3 Å². The Morgan fingerprint density at radius 3 is 2.53 bits per heavy atom. The van der Waals surface area contributed by atoms with Gasteiger partial charge in [-0.2, -0.15) is 0 Å². The predicted octanol–water partition coefficient (Wildman–Crippen LogP) is -0.0676. The van der Waals surface area contributed by atoms with Crippen LogP contribution in [0.4, 0.5) is 0 Å². The van der Waals surface area contributed by atoms with Crippen LogP contribution in [0, 0.1) is 5.41 Å². The van der Waals surface area contributed by atoms with Gasteiger partial charge in [0.15, 0.2) is 9.84 Å². The monoisotopic (exact) mass is 258 g/mol. The smallest absolute Gasteiger partial charge is 0.227 e. The Hall–Kier alpha value is -0.880. The van der Waals surface area contributed by atoms with Gasteiger partial charge >= 0.3 is 0 Å². The molecular formula is C11H18N2O3S. The molecule has 0 spiro atoms. The zero-order valence-electron chi connectivity index (χ0n) is 9.69. The van der Waals surface area contributed by atoms with Crippen molar-refractivity contribution in [2.24, 2.45) is 11.1 Å². The summed E-state index contributed by atoms with van der Waals surface area (Å²) in [7, 11) is -3.12. The largest absolute Gasteiger partial charge is 0.348 e. The van der Waals surface area contributed by atoms with Crippen molar-refractivity contribution >= 4 is 15.7 Å². The molecule has 3 N–H and O–H groups in total. The van der Waals surface area contributed by atoms with Gasteiger partial charge in [0.2, 0.25) is 5.91 Å². The molecule has 2 aliphatic rings. The molecule has 0 radical (unpaired) electrons. The zero-order chi connectivity index (χ0) is 12.5. The summed E-state index contributed by atoms with van der Waals surface area (Å²) >= 11 is 0. The van der Waals surface area contributed by atoms with E-state index >= 15 is 0 Å². The Balaban J connectivity index is 2.00. The Morgan fingerprint density at radius 1 is 1.41 bits per heavy atom. The van der Waals surface area contributed by atoms with Crippen molar-refractivity contribution in [1.82, 2.24) is 5.32 Å². The van der Waals surface area contributed by atoms with Gasteiger partial charge in [-0.15, -0.1) is 0 Å². The van der Waals surface area contributed by atoms with Crippen LogP contribution < -0.4 is 11.1 Å². The molecule has 5 nitrogen and oxygen atoms in total. The molecule has 6 heteroatoms. The van der Waals surface area contributed by atoms with Crippen LogP contribution in [0.25, 0.3) is 0 Å². The van der Waals surface area contributed by atoms with Crippen LogP contribution in [-0.4, -0.2) is 32.7 Å². The van der Waals surface area contributed by atoms with Crippen LogP contribution in [0.1, 0.15) is 25.7 Å². The third-order valence-corrected chi connectivity index (χ3v) is 5.08. The number of nitrogens with two attached hydrogens (primary N) is 1. The van der Waals surface area contributed by atoms with Crippen molar-refractivity contribution in [3.8, 4) is 0 Å². The Labute approximate surface area is 101 Å². The molecule has 0 bridgehead atoms. The number of hydrogen-bond donors (Lipinski definition) is 2. The summed E-state index contributed by atoms with van der Waals surface area (Å²) in [5.41, 5.74) is 5.23. The third kappa shape index (κ3) is 2.52. The summed E-state index contributed by atoms with van der Waals surface area (Å²) in [6.45, 7) is 0.335. The van der Waals surface area contributed by atoms with Gasteiger partial charge in [-0.05, 0) is 18.9 Å². The molecule has 0 aromatic carbocycles. The molecule has 1 atom stereocenters. The van der Waals surface area contributed by atoms with Crippen LogP contribution in [0.5, 0.6) is 0 Å². The third-order valence-electron chi connectivity index (χ3n) is 3.68. The van der Waals surface area contributed by atoms with E-state index in [4.69, 9.17) is 5.73 Å². The Bertz CT molecular complexity index is 436. The van der Waals surface area contributed by atoms with Crippen molar-refractivity contribution in [2.45, 2.75) is 31.7 Å². The van der Waals surface area contributed by atoms with Gasteiger partial charge in [0.1, 0.15) is 0 Å². The maximum absolute atomic E-state index is 12.1. The first-order valence-electron chi connectivity index (χ1n) is 5.89. The van der Waals surface area contributed by atoms with Gasteiger partial charge < -0.3 is 11.1 Å². The molecule has 0 aromatic rings. The van der Waals surface area contributed by atoms with E-state index in [2.05, 4.69) is 5.32 Å². The first-order valence-corrected chi connectivity index (χ1v) is 7.61. The van der Waals surface area contributed by atoms with Gasteiger partial charge in [0.05, 0.1) is 17.2 Å². The molecule has 1 aliphatic carbocycles. The molecule has 1 saturated carbocycles. The molecule has 96 valence electrons. The van der Waals surface area contributed by atoms with Crippen LogP contribution in [0.2, 0.25) is 0 Å². The standard InChI is InChI=1S/C11H18N2O3S/c12-8-11(4-1-2-5-11)10(14)13-9-3-6-17(15,16)7-9/h3,6,9H,1-2,4-5,7-8,12H2,(H,13,14). The molecule has 1 fully saturated rings. The summed E-state index contributed by atoms with van der Waals surface area (Å²) in [6, 6.07) is -0.392. The molecule has 1 amide bonds. The van der Waals surface area contributed by atoms with Gasteiger partial charge in [-0.1, -0.05) is 12.8 Å². The van der Waals surface area contributed by atoms with E-state index in [0.717, 1.165) is 25.7 Å². The highest BCUT2D eigenvalue weighted by molar-refractivity contribution is 7.94. The van der Waals surface area contributed by atoms with Crippen molar-refractivity contribution < 1.29 is 13.2 Å². The summed E-state index contributed by atoms with van der Waals surface area (Å²) in [4.78, 5) is 12.1. The molecular weight excluding hydrogens is 240 g/mol. The van der Waals surface area contributed by atoms with Crippen molar-refractivity contribution in [3.05, 3.63) is 11.5 Å². The fourth-order valence-corrected chi connectivity index (χ4v) is 3.80. The van der Waals surface area contributed by atoms with Crippen LogP contribution in [0.3, 0.4) is 0 Å². The van der Waals surface area contributed by atoms with Gasteiger partial charge in [0, 0.05) is 12.0 Å². The van der Waals surface area contributed by atoms with E-state index in [1.165, 1.54) is 11.5 Å². The predicted molar refractivity (Wildman–Crippen MR) is 64.8 cm³/mol. The van der Waals surface area contributed by atoms with E-state index in [1.807, 2.05) is 0 Å². The second-order valence-corrected chi connectivity index (χ2v) is 6.86. The molecule has 0 saturated heterocycles. The topological polar surface area (TPSA) is 89.3 Å². The number of rotatable bonds is 3. The highest BCUT2D eigenvalue weighted by atomic mass is 32.2. The minimum atomic E-state index is -3.12. The Kier molecular flexibility index (Phi) is 3.27. The maximum Gasteiger partial charge on any atom is 0.227 e. The Morgan fingerprint density at radius 2 is 2.06 bits per heavy atom. The summed E-state index contributed by atoms with van der Waals surface area (Å²) < 4.78 is 22.5. The van der Waals surface area contributed by atoms with Gasteiger partial charge in [-0.25, -0.2) is 8.42 Å². The summed E-state index contributed by atoms with van der Waals surface area (Å²) in [5.74, 6) is -0.122. The fourth-order valence-electron chi connectivity index (χ4n) is 2.56. The highest BCUT2D eigenvalue weighted by Crippen LogP contribution is 2.37. The first-order chi connectivity index (χ1) is 7.97. The summed E-state index contributed by atoms with van der Waals surface area (Å²) in [5, 5.41) is 3.95. The first kappa shape index (κ1) is 12.6. The number of nitrogens with one attached hydrogen (secondary N) is 1. The van der Waals surface area contributed by atoms with Crippen molar-refractivity contribution in [2.75, 3.05) is 12.3 Å². The van der Waals surface area contributed by atoms with Gasteiger partial charge in [0.25, 0.3) is 0 Å². The van der Waals surface area contributed by atoms with E-state index in [1.54, 1.807) is 0 Å². The van der Waals surface area contributed by atoms with Crippen LogP contribution >= 0.6 is 0 Å².